The number of ketones is 1. The van der Waals surface area contributed by atoms with E-state index in [1.54, 1.807) is 31.9 Å². The summed E-state index contributed by atoms with van der Waals surface area (Å²) in [5, 5.41) is 0.879. The van der Waals surface area contributed by atoms with Crippen LogP contribution in [-0.4, -0.2) is 32.8 Å². The highest BCUT2D eigenvalue weighted by molar-refractivity contribution is 6.07. The average molecular weight is 384 g/mol. The summed E-state index contributed by atoms with van der Waals surface area (Å²) >= 11 is 0. The molecular weight excluding hydrogens is 364 g/mol. The minimum absolute atomic E-state index is 0.0360. The van der Waals surface area contributed by atoms with E-state index >= 15 is 0 Å². The molecule has 1 unspecified atom stereocenters. The highest BCUT2D eigenvalue weighted by Gasteiger charge is 2.20. The molecule has 0 aliphatic rings. The molecule has 1 atom stereocenters. The Morgan fingerprint density at radius 1 is 1.03 bits per heavy atom. The van der Waals surface area contributed by atoms with Gasteiger partial charge in [0.25, 0.3) is 0 Å². The van der Waals surface area contributed by atoms with Gasteiger partial charge in [0.1, 0.15) is 12.4 Å². The predicted molar refractivity (Wildman–Crippen MR) is 110 cm³/mol. The molecule has 6 heteroatoms. The normalized spacial score (nSPS) is 12.1. The minimum Gasteiger partial charge on any atom is -0.372 e. The highest BCUT2D eigenvalue weighted by atomic mass is 16.5. The van der Waals surface area contributed by atoms with Gasteiger partial charge >= 0.3 is 0 Å². The molecule has 0 aliphatic heterocycles. The Morgan fingerprint density at radius 2 is 1.86 bits per heavy atom. The molecule has 1 aromatic carbocycles. The van der Waals surface area contributed by atoms with Crippen molar-refractivity contribution in [2.24, 2.45) is 0 Å². The standard InChI is InChI=1S/C23H20N4O2/c1-15-5-6-19(27-11-15)10-21(28)20-9-17(8-16-4-3-7-26-22(16)20)23(29-2)18-12-24-14-25-13-18/h3-9,11-14,23H,10H2,1-2H3. The number of hydrogen-bond acceptors (Lipinski definition) is 6. The fourth-order valence-corrected chi connectivity index (χ4v) is 3.35. The third-order valence-corrected chi connectivity index (χ3v) is 4.76. The maximum Gasteiger partial charge on any atom is 0.171 e. The molecule has 0 N–H and O–H groups in total. The number of aromatic nitrogens is 4. The number of carbonyl (C=O) groups is 1. The number of hydrogen-bond donors (Lipinski definition) is 0. The zero-order chi connectivity index (χ0) is 20.2. The fraction of sp³-hybridized carbons (Fsp3) is 0.174. The first kappa shape index (κ1) is 18.8. The minimum atomic E-state index is -0.384. The summed E-state index contributed by atoms with van der Waals surface area (Å²) in [6, 6.07) is 11.5. The zero-order valence-corrected chi connectivity index (χ0v) is 16.2. The summed E-state index contributed by atoms with van der Waals surface area (Å²) in [5.41, 5.74) is 4.69. The Balaban J connectivity index is 1.78. The van der Waals surface area contributed by atoms with Gasteiger partial charge in [-0.3, -0.25) is 14.8 Å². The smallest absolute Gasteiger partial charge is 0.171 e. The van der Waals surface area contributed by atoms with Crippen LogP contribution in [0.5, 0.6) is 0 Å². The van der Waals surface area contributed by atoms with E-state index in [1.807, 2.05) is 43.3 Å². The summed E-state index contributed by atoms with van der Waals surface area (Å²) in [5.74, 6) is -0.0360. The highest BCUT2D eigenvalue weighted by Crippen LogP contribution is 2.29. The Morgan fingerprint density at radius 3 is 2.59 bits per heavy atom. The van der Waals surface area contributed by atoms with Crippen molar-refractivity contribution >= 4 is 16.7 Å². The summed E-state index contributed by atoms with van der Waals surface area (Å²) in [6.07, 6.45) is 8.20. The van der Waals surface area contributed by atoms with Crippen molar-refractivity contribution in [3.8, 4) is 0 Å². The van der Waals surface area contributed by atoms with Gasteiger partial charge in [-0.1, -0.05) is 12.1 Å². The van der Waals surface area contributed by atoms with Gasteiger partial charge in [0, 0.05) is 54.1 Å². The van der Waals surface area contributed by atoms with E-state index in [4.69, 9.17) is 4.74 Å². The van der Waals surface area contributed by atoms with Gasteiger partial charge in [0.15, 0.2) is 5.78 Å². The number of nitrogens with zero attached hydrogens (tertiary/aromatic N) is 4. The van der Waals surface area contributed by atoms with Gasteiger partial charge < -0.3 is 4.74 Å². The molecular formula is C23H20N4O2. The lowest BCUT2D eigenvalue weighted by molar-refractivity contribution is 0.0992. The molecule has 0 spiro atoms. The number of aryl methyl sites for hydroxylation is 1. The topological polar surface area (TPSA) is 77.9 Å². The van der Waals surface area contributed by atoms with E-state index in [2.05, 4.69) is 19.9 Å². The van der Waals surface area contributed by atoms with Crippen molar-refractivity contribution in [2.75, 3.05) is 7.11 Å². The largest absolute Gasteiger partial charge is 0.372 e. The van der Waals surface area contributed by atoms with Crippen LogP contribution in [0.25, 0.3) is 10.9 Å². The van der Waals surface area contributed by atoms with Crippen LogP contribution in [0.15, 0.2) is 67.5 Å². The first-order chi connectivity index (χ1) is 14.2. The van der Waals surface area contributed by atoms with Gasteiger partial charge in [-0.25, -0.2) is 9.97 Å². The molecule has 4 rings (SSSR count). The molecule has 3 heterocycles. The van der Waals surface area contributed by atoms with Crippen molar-refractivity contribution in [3.05, 3.63) is 95.5 Å². The summed E-state index contributed by atoms with van der Waals surface area (Å²) in [7, 11) is 1.63. The maximum absolute atomic E-state index is 13.2. The van der Waals surface area contributed by atoms with E-state index in [1.165, 1.54) is 6.33 Å². The fourth-order valence-electron chi connectivity index (χ4n) is 3.35. The number of pyridine rings is 2. The summed E-state index contributed by atoms with van der Waals surface area (Å²) < 4.78 is 5.71. The molecule has 0 aliphatic carbocycles. The molecule has 29 heavy (non-hydrogen) atoms. The summed E-state index contributed by atoms with van der Waals surface area (Å²) in [6.45, 7) is 1.97. The van der Waals surface area contributed by atoms with E-state index in [0.29, 0.717) is 11.1 Å². The molecule has 144 valence electrons. The van der Waals surface area contributed by atoms with Crippen molar-refractivity contribution in [3.63, 3.8) is 0 Å². The number of benzene rings is 1. The Labute approximate surface area is 168 Å². The molecule has 4 aromatic rings. The van der Waals surface area contributed by atoms with Gasteiger partial charge in [-0.2, -0.15) is 0 Å². The number of methoxy groups -OCH3 is 1. The van der Waals surface area contributed by atoms with Crippen LogP contribution in [0.1, 0.15) is 38.8 Å². The van der Waals surface area contributed by atoms with E-state index < -0.39 is 0 Å². The first-order valence-corrected chi connectivity index (χ1v) is 9.27. The third kappa shape index (κ3) is 4.02. The molecule has 0 fully saturated rings. The Hall–Kier alpha value is -3.51. The molecule has 0 amide bonds. The molecule has 6 nitrogen and oxygen atoms in total. The van der Waals surface area contributed by atoms with E-state index in [0.717, 1.165) is 27.8 Å². The quantitative estimate of drug-likeness (QED) is 0.469. The van der Waals surface area contributed by atoms with Crippen molar-refractivity contribution in [1.29, 1.82) is 0 Å². The summed E-state index contributed by atoms with van der Waals surface area (Å²) in [4.78, 5) is 30.1. The lowest BCUT2D eigenvalue weighted by Gasteiger charge is -2.17. The maximum atomic E-state index is 13.2. The number of rotatable bonds is 6. The number of carbonyl (C=O) groups excluding carboxylic acids is 1. The predicted octanol–water partition coefficient (Wildman–Crippen LogP) is 3.89. The average Bonchev–Trinajstić information content (AvgIpc) is 2.76. The van der Waals surface area contributed by atoms with Crippen LogP contribution in [0.3, 0.4) is 0 Å². The van der Waals surface area contributed by atoms with E-state index in [9.17, 15) is 4.79 Å². The van der Waals surface area contributed by atoms with Crippen LogP contribution in [0.2, 0.25) is 0 Å². The second-order valence-electron chi connectivity index (χ2n) is 6.86. The van der Waals surface area contributed by atoms with Crippen molar-refractivity contribution in [1.82, 2.24) is 19.9 Å². The lowest BCUT2D eigenvalue weighted by Crippen LogP contribution is -2.10. The second-order valence-corrected chi connectivity index (χ2v) is 6.86. The number of fused-ring (bicyclic) bond motifs is 1. The van der Waals surface area contributed by atoms with Crippen LogP contribution in [0, 0.1) is 6.92 Å². The van der Waals surface area contributed by atoms with Crippen molar-refractivity contribution < 1.29 is 9.53 Å². The second kappa shape index (κ2) is 8.24. The first-order valence-electron chi connectivity index (χ1n) is 9.27. The van der Waals surface area contributed by atoms with Crippen LogP contribution < -0.4 is 0 Å². The van der Waals surface area contributed by atoms with Crippen LogP contribution >= 0.6 is 0 Å². The number of Topliss-reactive ketones (excluding diaryl/α,β-unsaturated/α-hetero) is 1. The molecule has 0 radical (unpaired) electrons. The molecule has 0 saturated carbocycles. The lowest BCUT2D eigenvalue weighted by atomic mass is 9.95. The van der Waals surface area contributed by atoms with Gasteiger partial charge in [-0.05, 0) is 42.3 Å². The monoisotopic (exact) mass is 384 g/mol. The molecule has 0 bridgehead atoms. The molecule has 3 aromatic heterocycles. The van der Waals surface area contributed by atoms with Gasteiger partial charge in [0.2, 0.25) is 0 Å². The van der Waals surface area contributed by atoms with Gasteiger partial charge in [-0.15, -0.1) is 0 Å². The van der Waals surface area contributed by atoms with Gasteiger partial charge in [0.05, 0.1) is 11.9 Å². The molecule has 0 saturated heterocycles. The zero-order valence-electron chi connectivity index (χ0n) is 16.2. The van der Waals surface area contributed by atoms with Crippen LogP contribution in [-0.2, 0) is 11.2 Å². The SMILES string of the molecule is COC(c1cncnc1)c1cc(C(=O)Cc2ccc(C)cn2)c2ncccc2c1. The Bertz CT molecular complexity index is 1140. The van der Waals surface area contributed by atoms with Crippen LogP contribution in [0.4, 0.5) is 0 Å². The Kier molecular flexibility index (Phi) is 5.35. The third-order valence-electron chi connectivity index (χ3n) is 4.76. The van der Waals surface area contributed by atoms with E-state index in [-0.39, 0.29) is 18.3 Å². The number of ether oxygens (including phenoxy) is 1. The van der Waals surface area contributed by atoms with Crippen molar-refractivity contribution in [2.45, 2.75) is 19.4 Å².